The molecular weight excluding hydrogens is 352 g/mol. The van der Waals surface area contributed by atoms with Gasteiger partial charge in [0.25, 0.3) is 0 Å². The van der Waals surface area contributed by atoms with Gasteiger partial charge in [-0.15, -0.1) is 0 Å². The zero-order valence-corrected chi connectivity index (χ0v) is 16.8. The van der Waals surface area contributed by atoms with Gasteiger partial charge < -0.3 is 10.2 Å². The molecule has 1 unspecified atom stereocenters. The second-order valence-electron chi connectivity index (χ2n) is 8.30. The average Bonchev–Trinajstić information content (AvgIpc) is 3.03. The molecule has 0 saturated carbocycles. The normalized spacial score (nSPS) is 16.9. The summed E-state index contributed by atoms with van der Waals surface area (Å²) in [7, 11) is 0. The molecule has 1 atom stereocenters. The predicted octanol–water partition coefficient (Wildman–Crippen LogP) is 4.18. The lowest BCUT2D eigenvalue weighted by atomic mass is 9.85. The zero-order valence-electron chi connectivity index (χ0n) is 16.8. The lowest BCUT2D eigenvalue weighted by molar-refractivity contribution is -0.122. The Kier molecular flexibility index (Phi) is 5.36. The van der Waals surface area contributed by atoms with Gasteiger partial charge in [-0.2, -0.15) is 0 Å². The van der Waals surface area contributed by atoms with E-state index >= 15 is 0 Å². The highest BCUT2D eigenvalue weighted by atomic mass is 16.2. The molecule has 1 aliphatic rings. The summed E-state index contributed by atoms with van der Waals surface area (Å²) in [5.74, 6) is -0.649. The van der Waals surface area contributed by atoms with E-state index in [4.69, 9.17) is 0 Å². The molecule has 1 aliphatic heterocycles. The third-order valence-corrected chi connectivity index (χ3v) is 5.06. The Morgan fingerprint density at radius 2 is 1.68 bits per heavy atom. The highest BCUT2D eigenvalue weighted by Crippen LogP contribution is 2.35. The van der Waals surface area contributed by atoms with Gasteiger partial charge in [0.05, 0.1) is 5.92 Å². The summed E-state index contributed by atoms with van der Waals surface area (Å²) in [4.78, 5) is 38.4. The van der Waals surface area contributed by atoms with Crippen LogP contribution in [0.25, 0.3) is 0 Å². The van der Waals surface area contributed by atoms with Crippen molar-refractivity contribution in [2.75, 3.05) is 16.8 Å². The number of nitrogens with one attached hydrogen (secondary N) is 1. The van der Waals surface area contributed by atoms with Crippen molar-refractivity contribution in [1.29, 1.82) is 0 Å². The third kappa shape index (κ3) is 4.14. The van der Waals surface area contributed by atoms with Gasteiger partial charge in [-0.05, 0) is 48.2 Å². The topological polar surface area (TPSA) is 66.5 Å². The van der Waals surface area contributed by atoms with Crippen molar-refractivity contribution in [3.63, 3.8) is 0 Å². The number of nitrogens with zero attached hydrogens (tertiary/aromatic N) is 1. The molecule has 28 heavy (non-hydrogen) atoms. The number of amides is 2. The minimum atomic E-state index is -0.409. The van der Waals surface area contributed by atoms with E-state index in [9.17, 15) is 14.4 Å². The second kappa shape index (κ2) is 7.58. The first-order valence-corrected chi connectivity index (χ1v) is 9.48. The van der Waals surface area contributed by atoms with Gasteiger partial charge in [0.15, 0.2) is 5.78 Å². The quantitative estimate of drug-likeness (QED) is 0.812. The maximum absolute atomic E-state index is 12.7. The monoisotopic (exact) mass is 378 g/mol. The molecule has 5 heteroatoms. The Labute approximate surface area is 165 Å². The van der Waals surface area contributed by atoms with Crippen molar-refractivity contribution in [2.45, 2.75) is 39.5 Å². The van der Waals surface area contributed by atoms with Crippen molar-refractivity contribution >= 4 is 29.0 Å². The number of Topliss-reactive ketones (excluding diaryl/α,β-unsaturated/α-hetero) is 1. The molecule has 2 amide bonds. The number of hydrogen-bond acceptors (Lipinski definition) is 3. The smallest absolute Gasteiger partial charge is 0.229 e. The van der Waals surface area contributed by atoms with Crippen LogP contribution in [0.5, 0.6) is 0 Å². The van der Waals surface area contributed by atoms with E-state index in [1.165, 1.54) is 6.92 Å². The molecule has 0 radical (unpaired) electrons. The number of carbonyl (C=O) groups excluding carboxylic acids is 3. The molecule has 2 aromatic carbocycles. The Hall–Kier alpha value is -2.95. The van der Waals surface area contributed by atoms with Crippen LogP contribution in [-0.2, 0) is 15.0 Å². The molecule has 1 fully saturated rings. The summed E-state index contributed by atoms with van der Waals surface area (Å²) < 4.78 is 0. The maximum Gasteiger partial charge on any atom is 0.229 e. The van der Waals surface area contributed by atoms with Crippen LogP contribution in [0.3, 0.4) is 0 Å². The van der Waals surface area contributed by atoms with Gasteiger partial charge in [0.2, 0.25) is 11.8 Å². The van der Waals surface area contributed by atoms with Gasteiger partial charge in [-0.25, -0.2) is 0 Å². The van der Waals surface area contributed by atoms with Crippen LogP contribution < -0.4 is 10.2 Å². The van der Waals surface area contributed by atoms with Gasteiger partial charge >= 0.3 is 0 Å². The van der Waals surface area contributed by atoms with Crippen molar-refractivity contribution in [1.82, 2.24) is 0 Å². The lowest BCUT2D eigenvalue weighted by Crippen LogP contribution is -2.30. The summed E-state index contributed by atoms with van der Waals surface area (Å²) in [5.41, 5.74) is 3.08. The van der Waals surface area contributed by atoms with Crippen LogP contribution in [0.4, 0.5) is 11.4 Å². The number of carbonyl (C=O) groups is 3. The van der Waals surface area contributed by atoms with E-state index in [1.807, 2.05) is 24.3 Å². The Balaban J connectivity index is 1.74. The first-order chi connectivity index (χ1) is 13.2. The molecule has 3 rings (SSSR count). The molecule has 1 saturated heterocycles. The molecule has 0 aromatic heterocycles. The largest absolute Gasteiger partial charge is 0.326 e. The van der Waals surface area contributed by atoms with E-state index in [0.29, 0.717) is 17.8 Å². The van der Waals surface area contributed by atoms with E-state index in [2.05, 4.69) is 26.1 Å². The number of rotatable bonds is 4. The van der Waals surface area contributed by atoms with Crippen LogP contribution in [0, 0.1) is 5.92 Å². The Morgan fingerprint density at radius 1 is 1.04 bits per heavy atom. The van der Waals surface area contributed by atoms with Gasteiger partial charge in [-0.1, -0.05) is 39.0 Å². The van der Waals surface area contributed by atoms with Crippen LogP contribution in [0.2, 0.25) is 0 Å². The molecular formula is C23H26N2O3. The van der Waals surface area contributed by atoms with E-state index in [0.717, 1.165) is 11.3 Å². The van der Waals surface area contributed by atoms with Crippen LogP contribution >= 0.6 is 0 Å². The van der Waals surface area contributed by atoms with Crippen molar-refractivity contribution in [3.05, 3.63) is 59.7 Å². The molecule has 146 valence electrons. The number of hydrogen-bond donors (Lipinski definition) is 1. The van der Waals surface area contributed by atoms with Crippen molar-refractivity contribution < 1.29 is 14.4 Å². The third-order valence-electron chi connectivity index (χ3n) is 5.06. The fraction of sp³-hybridized carbons (Fsp3) is 0.348. The second-order valence-corrected chi connectivity index (χ2v) is 8.30. The number of benzene rings is 2. The summed E-state index contributed by atoms with van der Waals surface area (Å²) in [6.45, 7) is 8.20. The molecule has 1 N–H and O–H groups in total. The molecule has 2 aromatic rings. The fourth-order valence-electron chi connectivity index (χ4n) is 3.49. The molecule has 0 aliphatic carbocycles. The van der Waals surface area contributed by atoms with E-state index in [1.54, 1.807) is 29.2 Å². The number of para-hydroxylation sites is 1. The van der Waals surface area contributed by atoms with E-state index in [-0.39, 0.29) is 29.4 Å². The van der Waals surface area contributed by atoms with Gasteiger partial charge in [0.1, 0.15) is 0 Å². The summed E-state index contributed by atoms with van der Waals surface area (Å²) in [6.07, 6.45) is 0.190. The number of anilines is 2. The van der Waals surface area contributed by atoms with Crippen LogP contribution in [0.15, 0.2) is 48.5 Å². The first kappa shape index (κ1) is 19.8. The molecule has 0 spiro atoms. The summed E-state index contributed by atoms with van der Waals surface area (Å²) in [6, 6.07) is 14.6. The Morgan fingerprint density at radius 3 is 2.29 bits per heavy atom. The average molecular weight is 378 g/mol. The maximum atomic E-state index is 12.7. The minimum Gasteiger partial charge on any atom is -0.326 e. The number of ketones is 1. The SMILES string of the molecule is CC(=O)c1ccc(NC(=O)C2CC(=O)N(c3ccccc3C(C)(C)C)C2)cc1. The summed E-state index contributed by atoms with van der Waals surface area (Å²) in [5, 5.41) is 2.86. The van der Waals surface area contributed by atoms with Crippen LogP contribution in [-0.4, -0.2) is 24.1 Å². The standard InChI is InChI=1S/C23H26N2O3/c1-15(26)16-9-11-18(12-10-16)24-22(28)17-13-21(27)25(14-17)20-8-6-5-7-19(20)23(2,3)4/h5-12,17H,13-14H2,1-4H3,(H,24,28). The van der Waals surface area contributed by atoms with Gasteiger partial charge in [-0.3, -0.25) is 14.4 Å². The molecule has 5 nitrogen and oxygen atoms in total. The lowest BCUT2D eigenvalue weighted by Gasteiger charge is -2.27. The van der Waals surface area contributed by atoms with E-state index < -0.39 is 5.92 Å². The Bertz CT molecular complexity index is 910. The summed E-state index contributed by atoms with van der Waals surface area (Å²) >= 11 is 0. The fourth-order valence-corrected chi connectivity index (χ4v) is 3.49. The molecule has 0 bridgehead atoms. The van der Waals surface area contributed by atoms with Crippen molar-refractivity contribution in [3.8, 4) is 0 Å². The highest BCUT2D eigenvalue weighted by molar-refractivity contribution is 6.04. The van der Waals surface area contributed by atoms with Crippen molar-refractivity contribution in [2.24, 2.45) is 5.92 Å². The highest BCUT2D eigenvalue weighted by Gasteiger charge is 2.37. The first-order valence-electron chi connectivity index (χ1n) is 9.48. The molecule has 1 heterocycles. The minimum absolute atomic E-state index is 0.0209. The predicted molar refractivity (Wildman–Crippen MR) is 111 cm³/mol. The van der Waals surface area contributed by atoms with Gasteiger partial charge in [0, 0.05) is 29.9 Å². The zero-order chi connectivity index (χ0) is 20.5. The van der Waals surface area contributed by atoms with Crippen LogP contribution in [0.1, 0.15) is 50.0 Å².